The van der Waals surface area contributed by atoms with Gasteiger partial charge < -0.3 is 4.74 Å². The Kier molecular flexibility index (Phi) is 3.43. The summed E-state index contributed by atoms with van der Waals surface area (Å²) in [6, 6.07) is 14.0. The predicted octanol–water partition coefficient (Wildman–Crippen LogP) is 5.18. The van der Waals surface area contributed by atoms with Crippen molar-refractivity contribution in [2.24, 2.45) is 0 Å². The molecule has 0 N–H and O–H groups in total. The maximum atomic E-state index is 12.6. The summed E-state index contributed by atoms with van der Waals surface area (Å²) in [6.45, 7) is 5.63. The first-order valence-electron chi connectivity index (χ1n) is 6.79. The third-order valence-electron chi connectivity index (χ3n) is 3.21. The Morgan fingerprint density at radius 2 is 1.71 bits per heavy atom. The van der Waals surface area contributed by atoms with Crippen LogP contribution in [-0.4, -0.2) is 16.3 Å². The minimum Gasteiger partial charge on any atom is -0.443 e. The summed E-state index contributed by atoms with van der Waals surface area (Å²) in [6.07, 6.45) is -0.338. The highest BCUT2D eigenvalue weighted by Gasteiger charge is 2.22. The number of carbonyl (C=O) groups excluding carboxylic acids is 1. The second-order valence-corrected chi connectivity index (χ2v) is 7.24. The van der Waals surface area contributed by atoms with Crippen molar-refractivity contribution in [1.29, 1.82) is 0 Å². The van der Waals surface area contributed by atoms with Crippen molar-refractivity contribution in [2.75, 3.05) is 0 Å². The molecule has 0 aliphatic rings. The van der Waals surface area contributed by atoms with Crippen molar-refractivity contribution in [1.82, 2.24) is 4.57 Å². The number of carbonyl (C=O) groups is 1. The van der Waals surface area contributed by atoms with E-state index in [-0.39, 0.29) is 6.09 Å². The SMILES string of the molecule is CC(C)(C)OC(=O)n1c2ccccc2c2cc(I)ccc21. The molecule has 0 bridgehead atoms. The molecule has 0 saturated carbocycles. The fourth-order valence-electron chi connectivity index (χ4n) is 2.45. The molecule has 0 amide bonds. The Hall–Kier alpha value is -1.56. The molecule has 0 spiro atoms. The minimum atomic E-state index is -0.516. The van der Waals surface area contributed by atoms with E-state index in [2.05, 4.69) is 28.7 Å². The molecule has 4 heteroatoms. The second kappa shape index (κ2) is 5.02. The van der Waals surface area contributed by atoms with Crippen molar-refractivity contribution in [2.45, 2.75) is 26.4 Å². The number of rotatable bonds is 0. The van der Waals surface area contributed by atoms with E-state index in [1.54, 1.807) is 4.57 Å². The average Bonchev–Trinajstić information content (AvgIpc) is 2.71. The van der Waals surface area contributed by atoms with Crippen LogP contribution in [0.4, 0.5) is 4.79 Å². The van der Waals surface area contributed by atoms with Crippen LogP contribution in [0.3, 0.4) is 0 Å². The first-order valence-corrected chi connectivity index (χ1v) is 7.87. The molecule has 0 fully saturated rings. The van der Waals surface area contributed by atoms with Gasteiger partial charge in [-0.05, 0) is 67.6 Å². The van der Waals surface area contributed by atoms with Gasteiger partial charge in [0.25, 0.3) is 0 Å². The fraction of sp³-hybridized carbons (Fsp3) is 0.235. The van der Waals surface area contributed by atoms with E-state index in [0.29, 0.717) is 0 Å². The van der Waals surface area contributed by atoms with Gasteiger partial charge in [-0.15, -0.1) is 0 Å². The van der Waals surface area contributed by atoms with Crippen molar-refractivity contribution in [3.05, 3.63) is 46.0 Å². The van der Waals surface area contributed by atoms with Gasteiger partial charge in [0.15, 0.2) is 0 Å². The number of ether oxygens (including phenoxy) is 1. The normalized spacial score (nSPS) is 12.0. The smallest absolute Gasteiger partial charge is 0.419 e. The Morgan fingerprint density at radius 1 is 1.05 bits per heavy atom. The Labute approximate surface area is 137 Å². The van der Waals surface area contributed by atoms with Crippen LogP contribution >= 0.6 is 22.6 Å². The average molecular weight is 393 g/mol. The van der Waals surface area contributed by atoms with Gasteiger partial charge in [0.05, 0.1) is 11.0 Å². The number of nitrogens with zero attached hydrogens (tertiary/aromatic N) is 1. The molecule has 3 nitrogen and oxygen atoms in total. The standard InChI is InChI=1S/C17H16INO2/c1-17(2,3)21-16(20)19-14-7-5-4-6-12(14)13-10-11(18)8-9-15(13)19/h4-10H,1-3H3. The van der Waals surface area contributed by atoms with E-state index in [9.17, 15) is 4.79 Å². The highest BCUT2D eigenvalue weighted by Crippen LogP contribution is 2.30. The van der Waals surface area contributed by atoms with Gasteiger partial charge >= 0.3 is 6.09 Å². The molecule has 3 rings (SSSR count). The first-order chi connectivity index (χ1) is 9.87. The largest absolute Gasteiger partial charge is 0.443 e. The van der Waals surface area contributed by atoms with E-state index in [1.165, 1.54) is 0 Å². The number of para-hydroxylation sites is 1. The zero-order valence-electron chi connectivity index (χ0n) is 12.2. The fourth-order valence-corrected chi connectivity index (χ4v) is 2.94. The monoisotopic (exact) mass is 393 g/mol. The van der Waals surface area contributed by atoms with Gasteiger partial charge in [0.1, 0.15) is 5.60 Å². The van der Waals surface area contributed by atoms with E-state index in [4.69, 9.17) is 4.74 Å². The lowest BCUT2D eigenvalue weighted by Gasteiger charge is -2.20. The minimum absolute atomic E-state index is 0.338. The molecule has 0 unspecified atom stereocenters. The van der Waals surface area contributed by atoms with Crippen molar-refractivity contribution >= 4 is 50.5 Å². The zero-order chi connectivity index (χ0) is 15.2. The number of hydrogen-bond acceptors (Lipinski definition) is 2. The van der Waals surface area contributed by atoms with Crippen LogP contribution in [0, 0.1) is 3.57 Å². The van der Waals surface area contributed by atoms with Crippen LogP contribution in [0.5, 0.6) is 0 Å². The first kappa shape index (κ1) is 14.4. The molecule has 0 radical (unpaired) electrons. The van der Waals surface area contributed by atoms with E-state index in [1.807, 2.05) is 57.2 Å². The summed E-state index contributed by atoms with van der Waals surface area (Å²) < 4.78 is 8.35. The number of fused-ring (bicyclic) bond motifs is 3. The second-order valence-electron chi connectivity index (χ2n) is 5.99. The molecule has 1 heterocycles. The Balaban J connectivity index is 2.31. The number of benzene rings is 2. The molecule has 1 aromatic heterocycles. The van der Waals surface area contributed by atoms with E-state index < -0.39 is 5.60 Å². The summed E-state index contributed by atoms with van der Waals surface area (Å²) in [5.74, 6) is 0. The third-order valence-corrected chi connectivity index (χ3v) is 3.88. The highest BCUT2D eigenvalue weighted by molar-refractivity contribution is 14.1. The van der Waals surface area contributed by atoms with Crippen molar-refractivity contribution < 1.29 is 9.53 Å². The topological polar surface area (TPSA) is 31.2 Å². The molecule has 0 aliphatic heterocycles. The predicted molar refractivity (Wildman–Crippen MR) is 93.8 cm³/mol. The van der Waals surface area contributed by atoms with Crippen LogP contribution in [0.2, 0.25) is 0 Å². The molecule has 0 saturated heterocycles. The molecule has 0 aliphatic carbocycles. The van der Waals surface area contributed by atoms with E-state index in [0.717, 1.165) is 25.4 Å². The number of hydrogen-bond donors (Lipinski definition) is 0. The van der Waals surface area contributed by atoms with Crippen LogP contribution < -0.4 is 0 Å². The highest BCUT2D eigenvalue weighted by atomic mass is 127. The third kappa shape index (κ3) is 2.64. The summed E-state index contributed by atoms with van der Waals surface area (Å²) >= 11 is 2.28. The Morgan fingerprint density at radius 3 is 2.43 bits per heavy atom. The van der Waals surface area contributed by atoms with Gasteiger partial charge in [-0.25, -0.2) is 9.36 Å². The lowest BCUT2D eigenvalue weighted by Crippen LogP contribution is -2.27. The number of aromatic nitrogens is 1. The molecular formula is C17H16INO2. The summed E-state index contributed by atoms with van der Waals surface area (Å²) in [5.41, 5.74) is 1.24. The summed E-state index contributed by atoms with van der Waals surface area (Å²) in [5, 5.41) is 2.14. The summed E-state index contributed by atoms with van der Waals surface area (Å²) in [4.78, 5) is 12.6. The summed E-state index contributed by atoms with van der Waals surface area (Å²) in [7, 11) is 0. The molecule has 0 atom stereocenters. The number of halogens is 1. The molecule has 2 aromatic carbocycles. The van der Waals surface area contributed by atoms with E-state index >= 15 is 0 Å². The van der Waals surface area contributed by atoms with Gasteiger partial charge in [0.2, 0.25) is 0 Å². The molecule has 21 heavy (non-hydrogen) atoms. The lowest BCUT2D eigenvalue weighted by molar-refractivity contribution is 0.0551. The van der Waals surface area contributed by atoms with Gasteiger partial charge in [-0.3, -0.25) is 0 Å². The van der Waals surface area contributed by atoms with Gasteiger partial charge in [-0.2, -0.15) is 0 Å². The van der Waals surface area contributed by atoms with Crippen molar-refractivity contribution in [3.8, 4) is 0 Å². The molecule has 108 valence electrons. The molecule has 3 aromatic rings. The van der Waals surface area contributed by atoms with Crippen LogP contribution in [0.15, 0.2) is 42.5 Å². The quantitative estimate of drug-likeness (QED) is 0.493. The lowest BCUT2D eigenvalue weighted by atomic mass is 10.2. The van der Waals surface area contributed by atoms with Gasteiger partial charge in [0, 0.05) is 14.3 Å². The van der Waals surface area contributed by atoms with Crippen LogP contribution in [0.25, 0.3) is 21.8 Å². The maximum Gasteiger partial charge on any atom is 0.419 e. The van der Waals surface area contributed by atoms with Crippen molar-refractivity contribution in [3.63, 3.8) is 0 Å². The maximum absolute atomic E-state index is 12.6. The van der Waals surface area contributed by atoms with Gasteiger partial charge in [-0.1, -0.05) is 18.2 Å². The zero-order valence-corrected chi connectivity index (χ0v) is 14.3. The Bertz CT molecular complexity index is 843. The molecular weight excluding hydrogens is 377 g/mol. The van der Waals surface area contributed by atoms with Crippen LogP contribution in [0.1, 0.15) is 20.8 Å². The van der Waals surface area contributed by atoms with Crippen LogP contribution in [-0.2, 0) is 4.74 Å².